The molecule has 1 N–H and O–H groups in total. The number of rotatable bonds is 5. The minimum atomic E-state index is -0.0437. The first-order chi connectivity index (χ1) is 12.7. The van der Waals surface area contributed by atoms with Gasteiger partial charge in [0.05, 0.1) is 12.1 Å². The minimum absolute atomic E-state index is 0.0437. The highest BCUT2D eigenvalue weighted by atomic mass is 32.2. The van der Waals surface area contributed by atoms with Crippen LogP contribution in [0, 0.1) is 0 Å². The van der Waals surface area contributed by atoms with Crippen LogP contribution in [0.15, 0.2) is 53.4 Å². The molecule has 5 heteroatoms. The lowest BCUT2D eigenvalue weighted by atomic mass is 10.2. The van der Waals surface area contributed by atoms with Crippen LogP contribution in [0.25, 0.3) is 10.9 Å². The number of carbonyl (C=O) groups excluding carboxylic acids is 1. The van der Waals surface area contributed by atoms with E-state index in [1.807, 2.05) is 24.3 Å². The van der Waals surface area contributed by atoms with Crippen LogP contribution in [0.3, 0.4) is 0 Å². The van der Waals surface area contributed by atoms with Crippen LogP contribution in [0.5, 0.6) is 5.75 Å². The van der Waals surface area contributed by atoms with E-state index in [1.54, 1.807) is 11.8 Å². The van der Waals surface area contributed by atoms with Crippen LogP contribution in [0.4, 0.5) is 0 Å². The highest BCUT2D eigenvalue weighted by molar-refractivity contribution is 7.98. The third kappa shape index (κ3) is 3.07. The number of ether oxygens (including phenoxy) is 1. The van der Waals surface area contributed by atoms with Gasteiger partial charge < -0.3 is 14.6 Å². The van der Waals surface area contributed by atoms with Gasteiger partial charge in [-0.3, -0.25) is 4.79 Å². The molecule has 2 aromatic carbocycles. The quantitative estimate of drug-likeness (QED) is 0.678. The Balaban J connectivity index is 1.58. The molecule has 4 nitrogen and oxygen atoms in total. The first-order valence-corrected chi connectivity index (χ1v) is 10.1. The number of benzene rings is 2. The van der Waals surface area contributed by atoms with Crippen LogP contribution in [-0.4, -0.2) is 22.8 Å². The zero-order chi connectivity index (χ0) is 18.1. The molecule has 1 amide bonds. The average molecular weight is 366 g/mol. The van der Waals surface area contributed by atoms with Gasteiger partial charge in [-0.2, -0.15) is 0 Å². The molecule has 1 atom stereocenters. The van der Waals surface area contributed by atoms with Crippen molar-refractivity contribution in [3.05, 3.63) is 59.8 Å². The van der Waals surface area contributed by atoms with E-state index in [4.69, 9.17) is 4.74 Å². The lowest BCUT2D eigenvalue weighted by Gasteiger charge is -2.26. The second-order valence-corrected chi connectivity index (χ2v) is 7.39. The summed E-state index contributed by atoms with van der Waals surface area (Å²) in [6.07, 6.45) is 3.07. The predicted molar refractivity (Wildman–Crippen MR) is 106 cm³/mol. The molecule has 0 spiro atoms. The second kappa shape index (κ2) is 7.08. The molecule has 0 fully saturated rings. The van der Waals surface area contributed by atoms with Crippen molar-refractivity contribution in [3.8, 4) is 5.75 Å². The third-order valence-corrected chi connectivity index (χ3v) is 5.61. The van der Waals surface area contributed by atoms with E-state index in [2.05, 4.69) is 47.3 Å². The van der Waals surface area contributed by atoms with E-state index in [9.17, 15) is 4.79 Å². The molecular formula is C21H22N2O2S. The standard InChI is InChI=1S/C21H22N2O2S/c1-3-16-13-23-18(11-15-5-4-6-19(25-16)20(15)23)21(24)22-12-14-7-9-17(26-2)10-8-14/h4-11,16H,3,12-13H2,1-2H3,(H,22,24). The molecular weight excluding hydrogens is 344 g/mol. The van der Waals surface area contributed by atoms with E-state index in [0.717, 1.165) is 28.6 Å². The molecule has 1 aliphatic heterocycles. The van der Waals surface area contributed by atoms with Gasteiger partial charge in [-0.15, -0.1) is 11.8 Å². The number of hydrogen-bond donors (Lipinski definition) is 1. The van der Waals surface area contributed by atoms with Crippen molar-refractivity contribution < 1.29 is 9.53 Å². The molecule has 0 radical (unpaired) electrons. The molecule has 4 rings (SSSR count). The van der Waals surface area contributed by atoms with Gasteiger partial charge in [0, 0.05) is 16.8 Å². The third-order valence-electron chi connectivity index (χ3n) is 4.86. The van der Waals surface area contributed by atoms with Crippen LogP contribution in [0.2, 0.25) is 0 Å². The monoisotopic (exact) mass is 366 g/mol. The van der Waals surface area contributed by atoms with Crippen molar-refractivity contribution in [2.24, 2.45) is 0 Å². The molecule has 26 heavy (non-hydrogen) atoms. The summed E-state index contributed by atoms with van der Waals surface area (Å²) in [7, 11) is 0. The van der Waals surface area contributed by atoms with Crippen LogP contribution >= 0.6 is 11.8 Å². The number of aromatic nitrogens is 1. The number of nitrogens with zero attached hydrogens (tertiary/aromatic N) is 1. The number of thioether (sulfide) groups is 1. The predicted octanol–water partition coefficient (Wildman–Crippen LogP) is 4.46. The smallest absolute Gasteiger partial charge is 0.268 e. The normalized spacial score (nSPS) is 15.7. The van der Waals surface area contributed by atoms with Crippen molar-refractivity contribution in [1.82, 2.24) is 9.88 Å². The Morgan fingerprint density at radius 3 is 2.81 bits per heavy atom. The molecule has 0 saturated heterocycles. The fourth-order valence-corrected chi connectivity index (χ4v) is 3.82. The van der Waals surface area contributed by atoms with Gasteiger partial charge >= 0.3 is 0 Å². The van der Waals surface area contributed by atoms with Crippen molar-refractivity contribution in [1.29, 1.82) is 0 Å². The molecule has 0 bridgehead atoms. The molecule has 1 aromatic heterocycles. The summed E-state index contributed by atoms with van der Waals surface area (Å²) in [6.45, 7) is 3.34. The van der Waals surface area contributed by atoms with E-state index in [0.29, 0.717) is 18.8 Å². The van der Waals surface area contributed by atoms with Crippen LogP contribution in [0.1, 0.15) is 29.4 Å². The van der Waals surface area contributed by atoms with Gasteiger partial charge in [0.1, 0.15) is 17.5 Å². The van der Waals surface area contributed by atoms with E-state index in [-0.39, 0.29) is 12.0 Å². The Kier molecular flexibility index (Phi) is 4.64. The molecule has 0 aliphatic carbocycles. The maximum atomic E-state index is 12.8. The Hall–Kier alpha value is -2.40. The molecule has 3 aromatic rings. The number of hydrogen-bond acceptors (Lipinski definition) is 3. The van der Waals surface area contributed by atoms with Gasteiger partial charge in [0.25, 0.3) is 5.91 Å². The number of para-hydroxylation sites is 1. The number of nitrogens with one attached hydrogen (secondary N) is 1. The fourth-order valence-electron chi connectivity index (χ4n) is 3.41. The second-order valence-electron chi connectivity index (χ2n) is 6.51. The van der Waals surface area contributed by atoms with Crippen molar-refractivity contribution in [2.45, 2.75) is 37.4 Å². The van der Waals surface area contributed by atoms with E-state index < -0.39 is 0 Å². The van der Waals surface area contributed by atoms with Gasteiger partial charge in [-0.05, 0) is 42.5 Å². The maximum absolute atomic E-state index is 12.8. The molecule has 2 heterocycles. The zero-order valence-electron chi connectivity index (χ0n) is 15.0. The Morgan fingerprint density at radius 1 is 1.27 bits per heavy atom. The van der Waals surface area contributed by atoms with Crippen molar-refractivity contribution in [2.75, 3.05) is 6.26 Å². The van der Waals surface area contributed by atoms with Crippen LogP contribution < -0.4 is 10.1 Å². The summed E-state index contributed by atoms with van der Waals surface area (Å²) in [5, 5.41) is 4.11. The summed E-state index contributed by atoms with van der Waals surface area (Å²) < 4.78 is 8.15. The zero-order valence-corrected chi connectivity index (χ0v) is 15.8. The molecule has 1 unspecified atom stereocenters. The van der Waals surface area contributed by atoms with Crippen molar-refractivity contribution >= 4 is 28.6 Å². The van der Waals surface area contributed by atoms with Gasteiger partial charge in [0.15, 0.2) is 0 Å². The maximum Gasteiger partial charge on any atom is 0.268 e. The van der Waals surface area contributed by atoms with Gasteiger partial charge in [-0.25, -0.2) is 0 Å². The highest BCUT2D eigenvalue weighted by Crippen LogP contribution is 2.34. The van der Waals surface area contributed by atoms with Crippen molar-refractivity contribution in [3.63, 3.8) is 0 Å². The van der Waals surface area contributed by atoms with Gasteiger partial charge in [-0.1, -0.05) is 31.2 Å². The topological polar surface area (TPSA) is 43.3 Å². The SMILES string of the molecule is CCC1Cn2c(C(=O)NCc3ccc(SC)cc3)cc3cccc(c32)O1. The molecule has 134 valence electrons. The molecule has 0 saturated carbocycles. The Bertz CT molecular complexity index is 947. The summed E-state index contributed by atoms with van der Waals surface area (Å²) in [5.41, 5.74) is 2.82. The first-order valence-electron chi connectivity index (χ1n) is 8.89. The number of carbonyl (C=O) groups is 1. The lowest BCUT2D eigenvalue weighted by Crippen LogP contribution is -2.31. The van der Waals surface area contributed by atoms with Gasteiger partial charge in [0.2, 0.25) is 0 Å². The lowest BCUT2D eigenvalue weighted by molar-refractivity contribution is 0.0935. The van der Waals surface area contributed by atoms with E-state index in [1.165, 1.54) is 4.90 Å². The average Bonchev–Trinajstić information content (AvgIpc) is 3.06. The summed E-state index contributed by atoms with van der Waals surface area (Å²) in [4.78, 5) is 14.1. The summed E-state index contributed by atoms with van der Waals surface area (Å²) in [5.74, 6) is 0.824. The largest absolute Gasteiger partial charge is 0.486 e. The summed E-state index contributed by atoms with van der Waals surface area (Å²) in [6, 6.07) is 16.2. The summed E-state index contributed by atoms with van der Waals surface area (Å²) >= 11 is 1.71. The van der Waals surface area contributed by atoms with Crippen LogP contribution in [-0.2, 0) is 13.1 Å². The number of amides is 1. The molecule has 1 aliphatic rings. The van der Waals surface area contributed by atoms with E-state index >= 15 is 0 Å². The fraction of sp³-hybridized carbons (Fsp3) is 0.286. The minimum Gasteiger partial charge on any atom is -0.486 e. The Labute approximate surface area is 157 Å². The Morgan fingerprint density at radius 2 is 2.08 bits per heavy atom. The highest BCUT2D eigenvalue weighted by Gasteiger charge is 2.25. The first kappa shape index (κ1) is 17.0.